The molecule has 3 unspecified atom stereocenters. The van der Waals surface area contributed by atoms with Gasteiger partial charge >= 0.3 is 5.97 Å². The maximum absolute atomic E-state index is 13.9. The SMILES string of the molecule is C=CC1CC(C=C)C(C(=O)OCc2cc(-n3c4ccc(C(C)(C)C)cc4c4cc(C(C)(C)C)ccc43)nc(-n3c4ccc(C(C)(C)C)cc4c4cc(C(C)(C)C)ccc43)c2)C1. The average molecular weight is 812 g/mol. The number of pyridine rings is 1. The molecule has 0 amide bonds. The van der Waals surface area contributed by atoms with Crippen LogP contribution >= 0.6 is 0 Å². The van der Waals surface area contributed by atoms with Crippen molar-refractivity contribution in [2.75, 3.05) is 0 Å². The molecule has 5 heteroatoms. The van der Waals surface area contributed by atoms with Gasteiger partial charge in [-0.3, -0.25) is 13.9 Å². The van der Waals surface area contributed by atoms with E-state index in [-0.39, 0.29) is 52.0 Å². The quantitative estimate of drug-likeness (QED) is 0.119. The van der Waals surface area contributed by atoms with Crippen molar-refractivity contribution >= 4 is 49.6 Å². The Morgan fingerprint density at radius 3 is 1.25 bits per heavy atom. The number of aromatic nitrogens is 3. The van der Waals surface area contributed by atoms with Crippen molar-refractivity contribution in [2.24, 2.45) is 17.8 Å². The third kappa shape index (κ3) is 7.75. The van der Waals surface area contributed by atoms with E-state index in [4.69, 9.17) is 9.72 Å². The van der Waals surface area contributed by atoms with Crippen molar-refractivity contribution < 1.29 is 9.53 Å². The zero-order valence-electron chi connectivity index (χ0n) is 38.7. The number of benzene rings is 4. The molecule has 0 saturated heterocycles. The minimum absolute atomic E-state index is 0.0225. The summed E-state index contributed by atoms with van der Waals surface area (Å²) in [6, 6.07) is 31.8. The van der Waals surface area contributed by atoms with E-state index in [1.54, 1.807) is 0 Å². The van der Waals surface area contributed by atoms with Crippen LogP contribution in [0.1, 0.15) is 124 Å². The van der Waals surface area contributed by atoms with Gasteiger partial charge in [-0.15, -0.1) is 13.2 Å². The Kier molecular flexibility index (Phi) is 10.3. The summed E-state index contributed by atoms with van der Waals surface area (Å²) in [5.41, 5.74) is 10.3. The lowest BCUT2D eigenvalue weighted by atomic mass is 9.85. The van der Waals surface area contributed by atoms with Crippen molar-refractivity contribution in [1.29, 1.82) is 0 Å². The zero-order chi connectivity index (χ0) is 44.0. The van der Waals surface area contributed by atoms with Gasteiger partial charge < -0.3 is 4.74 Å². The van der Waals surface area contributed by atoms with Crippen LogP contribution in [-0.2, 0) is 37.8 Å². The molecular formula is C56H65N3O2. The Labute approximate surface area is 363 Å². The van der Waals surface area contributed by atoms with Crippen LogP contribution < -0.4 is 0 Å². The molecule has 316 valence electrons. The number of hydrogen-bond donors (Lipinski definition) is 0. The van der Waals surface area contributed by atoms with Gasteiger partial charge in [0, 0.05) is 21.5 Å². The fourth-order valence-corrected chi connectivity index (χ4v) is 9.37. The van der Waals surface area contributed by atoms with Crippen molar-refractivity contribution in [1.82, 2.24) is 14.1 Å². The molecule has 3 heterocycles. The van der Waals surface area contributed by atoms with Gasteiger partial charge in [0.25, 0.3) is 0 Å². The van der Waals surface area contributed by atoms with E-state index in [0.717, 1.165) is 52.1 Å². The Bertz CT molecular complexity index is 2560. The number of ether oxygens (including phenoxy) is 1. The number of esters is 1. The number of rotatable bonds is 7. The molecule has 0 aliphatic heterocycles. The molecule has 5 nitrogen and oxygen atoms in total. The van der Waals surface area contributed by atoms with Gasteiger partial charge in [-0.25, -0.2) is 4.98 Å². The Morgan fingerprint density at radius 2 is 0.934 bits per heavy atom. The third-order valence-corrected chi connectivity index (χ3v) is 13.3. The van der Waals surface area contributed by atoms with E-state index >= 15 is 0 Å². The lowest BCUT2D eigenvalue weighted by molar-refractivity contribution is -0.150. The van der Waals surface area contributed by atoms with Crippen LogP contribution in [0.5, 0.6) is 0 Å². The van der Waals surface area contributed by atoms with E-state index in [1.165, 1.54) is 43.8 Å². The molecular weight excluding hydrogens is 747 g/mol. The summed E-state index contributed by atoms with van der Waals surface area (Å²) < 4.78 is 10.9. The van der Waals surface area contributed by atoms with E-state index in [0.29, 0.717) is 0 Å². The summed E-state index contributed by atoms with van der Waals surface area (Å²) in [5.74, 6) is 1.48. The highest BCUT2D eigenvalue weighted by Gasteiger charge is 2.37. The fraction of sp³-hybridized carbons (Fsp3) is 0.393. The third-order valence-electron chi connectivity index (χ3n) is 13.3. The lowest BCUT2D eigenvalue weighted by Crippen LogP contribution is -2.20. The maximum Gasteiger partial charge on any atom is 0.309 e. The fourth-order valence-electron chi connectivity index (χ4n) is 9.37. The Balaban J connectivity index is 1.39. The van der Waals surface area contributed by atoms with Gasteiger partial charge in [0.05, 0.1) is 28.0 Å². The van der Waals surface area contributed by atoms with Crippen LogP contribution in [0.2, 0.25) is 0 Å². The van der Waals surface area contributed by atoms with Gasteiger partial charge in [0.2, 0.25) is 0 Å². The molecule has 1 aliphatic carbocycles. The Morgan fingerprint density at radius 1 is 0.574 bits per heavy atom. The normalized spacial score (nSPS) is 17.8. The maximum atomic E-state index is 13.9. The first-order valence-electron chi connectivity index (χ1n) is 22.2. The van der Waals surface area contributed by atoms with Gasteiger partial charge in [-0.2, -0.15) is 0 Å². The lowest BCUT2D eigenvalue weighted by Gasteiger charge is -2.20. The molecule has 1 saturated carbocycles. The average Bonchev–Trinajstić information content (AvgIpc) is 3.87. The van der Waals surface area contributed by atoms with E-state index in [9.17, 15) is 4.79 Å². The standard InChI is InChI=1S/C56H65N3O2/c1-15-34-25-36(16-2)41(26-34)52(60)61-33-35-27-50(58-46-21-17-37(53(3,4)5)29-42(46)43-30-38(54(6,7)8)18-22-47(43)58)57-51(28-35)59-48-23-19-39(55(9,10)11)31-44(48)45-32-40(56(12,13)14)20-24-49(45)59/h15-24,27-32,34,36,41H,1-2,25-26,33H2,3-14H3. The summed E-state index contributed by atoms with van der Waals surface area (Å²) in [6.07, 6.45) is 5.48. The molecule has 8 rings (SSSR count). The number of nitrogens with zero attached hydrogens (tertiary/aromatic N) is 3. The largest absolute Gasteiger partial charge is 0.461 e. The topological polar surface area (TPSA) is 49.1 Å². The summed E-state index contributed by atoms with van der Waals surface area (Å²) in [7, 11) is 0. The predicted molar refractivity (Wildman–Crippen MR) is 258 cm³/mol. The first kappa shape index (κ1) is 42.3. The highest BCUT2D eigenvalue weighted by atomic mass is 16.5. The molecule has 1 fully saturated rings. The Hall–Kier alpha value is -5.42. The van der Waals surface area contributed by atoms with E-state index in [2.05, 4.69) is 190 Å². The highest BCUT2D eigenvalue weighted by molar-refractivity contribution is 6.11. The first-order chi connectivity index (χ1) is 28.6. The molecule has 1 aliphatic rings. The van der Waals surface area contributed by atoms with Crippen LogP contribution in [0.3, 0.4) is 0 Å². The van der Waals surface area contributed by atoms with Gasteiger partial charge in [-0.05, 0) is 135 Å². The first-order valence-corrected chi connectivity index (χ1v) is 22.2. The number of carbonyl (C=O) groups is 1. The van der Waals surface area contributed by atoms with Crippen LogP contribution in [-0.4, -0.2) is 20.1 Å². The van der Waals surface area contributed by atoms with Gasteiger partial charge in [0.15, 0.2) is 0 Å². The summed E-state index contributed by atoms with van der Waals surface area (Å²) >= 11 is 0. The molecule has 3 aromatic heterocycles. The van der Waals surface area contributed by atoms with E-state index < -0.39 is 0 Å². The van der Waals surface area contributed by atoms with Crippen LogP contribution in [0, 0.1) is 17.8 Å². The van der Waals surface area contributed by atoms with E-state index in [1.807, 2.05) is 12.2 Å². The summed E-state index contributed by atoms with van der Waals surface area (Å²) in [4.78, 5) is 19.5. The van der Waals surface area contributed by atoms with Crippen molar-refractivity contribution in [2.45, 2.75) is 124 Å². The van der Waals surface area contributed by atoms with Crippen molar-refractivity contribution in [3.63, 3.8) is 0 Å². The second-order valence-electron chi connectivity index (χ2n) is 21.9. The highest BCUT2D eigenvalue weighted by Crippen LogP contribution is 2.42. The summed E-state index contributed by atoms with van der Waals surface area (Å²) in [6.45, 7) is 35.5. The monoisotopic (exact) mass is 812 g/mol. The summed E-state index contributed by atoms with van der Waals surface area (Å²) in [5, 5.41) is 4.79. The zero-order valence-corrected chi connectivity index (χ0v) is 38.7. The minimum atomic E-state index is -0.237. The molecule has 4 aromatic carbocycles. The second-order valence-corrected chi connectivity index (χ2v) is 21.9. The van der Waals surface area contributed by atoms with Crippen molar-refractivity contribution in [3.8, 4) is 11.6 Å². The molecule has 3 atom stereocenters. The second kappa shape index (κ2) is 14.9. The smallest absolute Gasteiger partial charge is 0.309 e. The predicted octanol–water partition coefficient (Wildman–Crippen LogP) is 14.5. The molecule has 0 radical (unpaired) electrons. The number of carbonyl (C=O) groups excluding carboxylic acids is 1. The van der Waals surface area contributed by atoms with Crippen molar-refractivity contribution in [3.05, 3.63) is 138 Å². The molecule has 7 aromatic rings. The molecule has 0 bridgehead atoms. The van der Waals surface area contributed by atoms with Crippen LogP contribution in [0.25, 0.3) is 55.2 Å². The van der Waals surface area contributed by atoms with Gasteiger partial charge in [0.1, 0.15) is 18.2 Å². The molecule has 0 spiro atoms. The number of allylic oxidation sites excluding steroid dienone is 2. The van der Waals surface area contributed by atoms with Crippen LogP contribution in [0.15, 0.2) is 110 Å². The number of fused-ring (bicyclic) bond motifs is 6. The molecule has 0 N–H and O–H groups in total. The molecule has 61 heavy (non-hydrogen) atoms. The van der Waals surface area contributed by atoms with Crippen LogP contribution in [0.4, 0.5) is 0 Å². The number of hydrogen-bond acceptors (Lipinski definition) is 3. The van der Waals surface area contributed by atoms with Gasteiger partial charge in [-0.1, -0.05) is 120 Å². The minimum Gasteiger partial charge on any atom is -0.461 e.